The molecule has 0 aromatic rings. The summed E-state index contributed by atoms with van der Waals surface area (Å²) in [6.45, 7) is 6.35. The first-order chi connectivity index (χ1) is 22.2. The molecular weight excluding hydrogens is 618 g/mol. The van der Waals surface area contributed by atoms with Gasteiger partial charge in [-0.15, -0.1) is 5.06 Å². The van der Waals surface area contributed by atoms with Gasteiger partial charge in [-0.25, -0.2) is 4.79 Å². The Kier molecular flexibility index (Phi) is 19.0. The highest BCUT2D eigenvalue weighted by atomic mass is 16.7. The number of hydroxylamine groups is 2. The maximum absolute atomic E-state index is 13.2. The van der Waals surface area contributed by atoms with E-state index in [-0.39, 0.29) is 49.9 Å². The standard InChI is InChI=1S/C30H49N7O10/c1-19(38)31-16-8-5-11-23(34-21(3)40)28(44)33-18-10-7-13-25(30(46)47-37-26(42)14-15-27(37)43)36-29(45)24(35-22(4)41)12-6-9-17-32-20(2)39/h23-25H,5-18H2,1-4H3,(H,31,38)(H,32,39)(H,33,44)(H,34,40)(H,35,41)(H,36,45). The number of hydrogen-bond acceptors (Lipinski definition) is 10. The molecule has 1 rings (SSSR count). The van der Waals surface area contributed by atoms with Gasteiger partial charge in [0.2, 0.25) is 35.4 Å². The summed E-state index contributed by atoms with van der Waals surface area (Å²) in [7, 11) is 0. The van der Waals surface area contributed by atoms with E-state index in [1.165, 1.54) is 27.7 Å². The van der Waals surface area contributed by atoms with Gasteiger partial charge in [-0.2, -0.15) is 0 Å². The lowest BCUT2D eigenvalue weighted by molar-refractivity contribution is -0.199. The Hall–Kier alpha value is -4.57. The van der Waals surface area contributed by atoms with Gasteiger partial charge < -0.3 is 36.7 Å². The molecule has 1 saturated heterocycles. The molecule has 6 N–H and O–H groups in total. The monoisotopic (exact) mass is 667 g/mol. The number of unbranched alkanes of at least 4 members (excludes halogenated alkanes) is 3. The van der Waals surface area contributed by atoms with Gasteiger partial charge in [-0.1, -0.05) is 0 Å². The molecule has 1 heterocycles. The fourth-order valence-corrected chi connectivity index (χ4v) is 4.65. The van der Waals surface area contributed by atoms with Crippen LogP contribution in [0.2, 0.25) is 0 Å². The number of imide groups is 1. The highest BCUT2D eigenvalue weighted by Crippen LogP contribution is 2.14. The van der Waals surface area contributed by atoms with Gasteiger partial charge in [0, 0.05) is 60.2 Å². The number of nitrogens with zero attached hydrogens (tertiary/aromatic N) is 1. The first-order valence-electron chi connectivity index (χ1n) is 15.9. The fourth-order valence-electron chi connectivity index (χ4n) is 4.65. The summed E-state index contributed by atoms with van der Waals surface area (Å²) < 4.78 is 0. The van der Waals surface area contributed by atoms with Gasteiger partial charge in [-0.05, 0) is 57.8 Å². The van der Waals surface area contributed by atoms with E-state index in [1.807, 2.05) is 0 Å². The van der Waals surface area contributed by atoms with E-state index in [2.05, 4.69) is 31.9 Å². The minimum atomic E-state index is -1.29. The maximum Gasteiger partial charge on any atom is 0.355 e. The molecule has 1 fully saturated rings. The lowest BCUT2D eigenvalue weighted by atomic mass is 10.1. The number of nitrogens with one attached hydrogen (secondary N) is 6. The predicted molar refractivity (Wildman–Crippen MR) is 166 cm³/mol. The van der Waals surface area contributed by atoms with Crippen LogP contribution in [-0.2, 0) is 48.0 Å². The second-order valence-corrected chi connectivity index (χ2v) is 11.3. The zero-order valence-electron chi connectivity index (χ0n) is 27.7. The summed E-state index contributed by atoms with van der Waals surface area (Å²) in [5.74, 6) is -4.67. The van der Waals surface area contributed by atoms with E-state index >= 15 is 0 Å². The summed E-state index contributed by atoms with van der Waals surface area (Å²) >= 11 is 0. The summed E-state index contributed by atoms with van der Waals surface area (Å²) in [6.07, 6.45) is 3.25. The van der Waals surface area contributed by atoms with Gasteiger partial charge in [-0.3, -0.25) is 38.4 Å². The minimum Gasteiger partial charge on any atom is -0.356 e. The molecule has 0 saturated carbocycles. The van der Waals surface area contributed by atoms with Crippen LogP contribution in [0.4, 0.5) is 0 Å². The first-order valence-corrected chi connectivity index (χ1v) is 15.9. The molecule has 0 bridgehead atoms. The Morgan fingerprint density at radius 1 is 0.553 bits per heavy atom. The molecule has 1 aliphatic rings. The Morgan fingerprint density at radius 2 is 0.957 bits per heavy atom. The van der Waals surface area contributed by atoms with Gasteiger partial charge in [0.1, 0.15) is 18.1 Å². The SMILES string of the molecule is CC(=O)NCCCCC(NC(C)=O)C(=O)NCCCCC(NC(=O)C(CCCCNC(C)=O)NC(C)=O)C(=O)ON1C(=O)CCC1=O. The zero-order valence-corrected chi connectivity index (χ0v) is 27.7. The average Bonchev–Trinajstić information content (AvgIpc) is 3.29. The lowest BCUT2D eigenvalue weighted by Crippen LogP contribution is -2.52. The van der Waals surface area contributed by atoms with Crippen molar-refractivity contribution in [1.29, 1.82) is 0 Å². The third kappa shape index (κ3) is 17.6. The van der Waals surface area contributed by atoms with Crippen molar-refractivity contribution < 1.29 is 48.0 Å². The van der Waals surface area contributed by atoms with Gasteiger partial charge in [0.15, 0.2) is 0 Å². The van der Waals surface area contributed by atoms with Gasteiger partial charge in [0.25, 0.3) is 11.8 Å². The molecule has 0 spiro atoms. The Labute approximate surface area is 274 Å². The summed E-state index contributed by atoms with van der Waals surface area (Å²) in [6, 6.07) is -3.06. The second kappa shape index (κ2) is 22.0. The van der Waals surface area contributed by atoms with Crippen LogP contribution in [-0.4, -0.2) is 96.0 Å². The minimum absolute atomic E-state index is 0.0181. The Bertz CT molecular complexity index is 1130. The van der Waals surface area contributed by atoms with Crippen molar-refractivity contribution in [2.24, 2.45) is 0 Å². The molecule has 1 aliphatic heterocycles. The topological polar surface area (TPSA) is 238 Å². The molecule has 0 aromatic carbocycles. The highest BCUT2D eigenvalue weighted by Gasteiger charge is 2.36. The van der Waals surface area contributed by atoms with Crippen LogP contribution in [0, 0.1) is 0 Å². The molecule has 47 heavy (non-hydrogen) atoms. The molecule has 0 radical (unpaired) electrons. The highest BCUT2D eigenvalue weighted by molar-refractivity contribution is 6.02. The number of carbonyl (C=O) groups excluding carboxylic acids is 9. The Balaban J connectivity index is 2.80. The van der Waals surface area contributed by atoms with Crippen molar-refractivity contribution >= 4 is 53.2 Å². The molecule has 8 amide bonds. The van der Waals surface area contributed by atoms with Crippen molar-refractivity contribution in [3.05, 3.63) is 0 Å². The van der Waals surface area contributed by atoms with E-state index < -0.39 is 53.6 Å². The summed E-state index contributed by atoms with van der Waals surface area (Å²) in [5, 5.41) is 16.2. The van der Waals surface area contributed by atoms with Crippen LogP contribution in [0.5, 0.6) is 0 Å². The molecule has 0 aromatic heterocycles. The van der Waals surface area contributed by atoms with E-state index in [1.54, 1.807) is 0 Å². The molecule has 17 nitrogen and oxygen atoms in total. The molecule has 0 aliphatic carbocycles. The Morgan fingerprint density at radius 3 is 1.38 bits per heavy atom. The van der Waals surface area contributed by atoms with Crippen LogP contribution in [0.15, 0.2) is 0 Å². The molecule has 3 atom stereocenters. The molecule has 3 unspecified atom stereocenters. The van der Waals surface area contributed by atoms with Crippen LogP contribution in [0.3, 0.4) is 0 Å². The van der Waals surface area contributed by atoms with Crippen LogP contribution in [0.1, 0.15) is 98.3 Å². The van der Waals surface area contributed by atoms with Crippen molar-refractivity contribution in [2.45, 2.75) is 116 Å². The van der Waals surface area contributed by atoms with Crippen LogP contribution in [0.25, 0.3) is 0 Å². The number of rotatable bonds is 22. The third-order valence-electron chi connectivity index (χ3n) is 6.98. The predicted octanol–water partition coefficient (Wildman–Crippen LogP) is -1.01. The quantitative estimate of drug-likeness (QED) is 0.0607. The van der Waals surface area contributed by atoms with Crippen LogP contribution >= 0.6 is 0 Å². The number of hydrogen-bond donors (Lipinski definition) is 6. The normalized spacial score (nSPS) is 14.3. The molecule has 264 valence electrons. The fraction of sp³-hybridized carbons (Fsp3) is 0.700. The summed E-state index contributed by atoms with van der Waals surface area (Å²) in [5.41, 5.74) is 0. The number of amides is 8. The van der Waals surface area contributed by atoms with E-state index in [4.69, 9.17) is 4.84 Å². The van der Waals surface area contributed by atoms with Crippen molar-refractivity contribution in [1.82, 2.24) is 37.0 Å². The molecule has 17 heteroatoms. The zero-order chi connectivity index (χ0) is 35.4. The van der Waals surface area contributed by atoms with Gasteiger partial charge >= 0.3 is 5.97 Å². The lowest BCUT2D eigenvalue weighted by Gasteiger charge is -2.23. The maximum atomic E-state index is 13.2. The van der Waals surface area contributed by atoms with Gasteiger partial charge in [0.05, 0.1) is 0 Å². The first kappa shape index (κ1) is 40.5. The smallest absolute Gasteiger partial charge is 0.355 e. The third-order valence-corrected chi connectivity index (χ3v) is 6.98. The molecular formula is C30H49N7O10. The summed E-state index contributed by atoms with van der Waals surface area (Å²) in [4.78, 5) is 113. The van der Waals surface area contributed by atoms with E-state index in [0.717, 1.165) is 0 Å². The van der Waals surface area contributed by atoms with E-state index in [9.17, 15) is 43.2 Å². The second-order valence-electron chi connectivity index (χ2n) is 11.3. The van der Waals surface area contributed by atoms with Crippen molar-refractivity contribution in [3.8, 4) is 0 Å². The largest absolute Gasteiger partial charge is 0.356 e. The van der Waals surface area contributed by atoms with Crippen molar-refractivity contribution in [2.75, 3.05) is 19.6 Å². The van der Waals surface area contributed by atoms with Crippen LogP contribution < -0.4 is 31.9 Å². The average molecular weight is 668 g/mol. The number of carbonyl (C=O) groups is 9. The van der Waals surface area contributed by atoms with E-state index in [0.29, 0.717) is 63.1 Å². The van der Waals surface area contributed by atoms with Crippen molar-refractivity contribution in [3.63, 3.8) is 0 Å².